The summed E-state index contributed by atoms with van der Waals surface area (Å²) in [7, 11) is 0. The minimum Gasteiger partial charge on any atom is -0.309 e. The molecule has 0 saturated carbocycles. The second kappa shape index (κ2) is 7.11. The summed E-state index contributed by atoms with van der Waals surface area (Å²) in [5.74, 6) is -1.21. The van der Waals surface area contributed by atoms with Crippen LogP contribution in [0.3, 0.4) is 0 Å². The first kappa shape index (κ1) is 17.2. The van der Waals surface area contributed by atoms with E-state index >= 15 is 0 Å². The number of aromatic amines is 1. The summed E-state index contributed by atoms with van der Waals surface area (Å²) in [4.78, 5) is 21.4. The van der Waals surface area contributed by atoms with E-state index in [4.69, 9.17) is 0 Å². The van der Waals surface area contributed by atoms with Gasteiger partial charge in [0.25, 0.3) is 5.56 Å². The number of fused-ring (bicyclic) bond motifs is 1. The number of nitrogens with zero attached hydrogens (tertiary/aromatic N) is 2. The maximum absolute atomic E-state index is 14.0. The van der Waals surface area contributed by atoms with Crippen LogP contribution in [0.15, 0.2) is 47.3 Å². The molecule has 0 radical (unpaired) electrons. The highest BCUT2D eigenvalue weighted by molar-refractivity contribution is 5.77. The molecule has 1 aromatic heterocycles. The number of nitrogens with one attached hydrogen (secondary N) is 1. The lowest BCUT2D eigenvalue weighted by Crippen LogP contribution is -2.32. The SMILES string of the molecule is CC(C)N(Cc1nc2ccccc2c(=O)[nH]1)Cc1cccc(F)c1F. The minimum absolute atomic E-state index is 0.0550. The molecule has 0 atom stereocenters. The average molecular weight is 343 g/mol. The van der Waals surface area contributed by atoms with E-state index < -0.39 is 11.6 Å². The third kappa shape index (κ3) is 3.74. The van der Waals surface area contributed by atoms with E-state index in [1.54, 1.807) is 24.3 Å². The lowest BCUT2D eigenvalue weighted by atomic mass is 10.1. The van der Waals surface area contributed by atoms with E-state index in [0.29, 0.717) is 23.3 Å². The Labute approximate surface area is 144 Å². The molecule has 130 valence electrons. The zero-order chi connectivity index (χ0) is 18.0. The third-order valence-electron chi connectivity index (χ3n) is 4.15. The molecule has 25 heavy (non-hydrogen) atoms. The van der Waals surface area contributed by atoms with Crippen molar-refractivity contribution in [1.29, 1.82) is 0 Å². The molecule has 3 rings (SSSR count). The molecule has 0 amide bonds. The Hall–Kier alpha value is -2.60. The van der Waals surface area contributed by atoms with Crippen LogP contribution in [0.5, 0.6) is 0 Å². The van der Waals surface area contributed by atoms with Crippen LogP contribution in [-0.4, -0.2) is 20.9 Å². The van der Waals surface area contributed by atoms with Gasteiger partial charge in [-0.05, 0) is 32.0 Å². The molecule has 0 spiro atoms. The molecule has 6 heteroatoms. The normalized spacial score (nSPS) is 11.6. The number of rotatable bonds is 5. The van der Waals surface area contributed by atoms with Crippen molar-refractivity contribution < 1.29 is 8.78 Å². The van der Waals surface area contributed by atoms with Crippen molar-refractivity contribution in [1.82, 2.24) is 14.9 Å². The summed E-state index contributed by atoms with van der Waals surface area (Å²) in [6.45, 7) is 4.46. The van der Waals surface area contributed by atoms with Crippen molar-refractivity contribution in [3.8, 4) is 0 Å². The highest BCUT2D eigenvalue weighted by Gasteiger charge is 2.16. The number of hydrogen-bond acceptors (Lipinski definition) is 3. The number of halogens is 2. The fourth-order valence-corrected chi connectivity index (χ4v) is 2.71. The van der Waals surface area contributed by atoms with Gasteiger partial charge in [0.1, 0.15) is 5.82 Å². The van der Waals surface area contributed by atoms with Crippen LogP contribution >= 0.6 is 0 Å². The Morgan fingerprint density at radius 1 is 1.08 bits per heavy atom. The van der Waals surface area contributed by atoms with Crippen LogP contribution < -0.4 is 5.56 Å². The van der Waals surface area contributed by atoms with Crippen molar-refractivity contribution in [2.75, 3.05) is 0 Å². The monoisotopic (exact) mass is 343 g/mol. The molecule has 0 unspecified atom stereocenters. The number of H-pyrrole nitrogens is 1. The molecule has 0 bridgehead atoms. The predicted octanol–water partition coefficient (Wildman–Crippen LogP) is 3.61. The van der Waals surface area contributed by atoms with Crippen LogP contribution in [-0.2, 0) is 13.1 Å². The van der Waals surface area contributed by atoms with Gasteiger partial charge in [0.2, 0.25) is 0 Å². The molecule has 3 aromatic rings. The Kier molecular flexibility index (Phi) is 4.90. The molecule has 0 fully saturated rings. The second-order valence-corrected chi connectivity index (χ2v) is 6.24. The molecule has 1 heterocycles. The maximum Gasteiger partial charge on any atom is 0.258 e. The van der Waals surface area contributed by atoms with Crippen LogP contribution in [0, 0.1) is 11.6 Å². The molecular weight excluding hydrogens is 324 g/mol. The quantitative estimate of drug-likeness (QED) is 0.770. The van der Waals surface area contributed by atoms with Gasteiger partial charge in [-0.25, -0.2) is 13.8 Å². The highest BCUT2D eigenvalue weighted by atomic mass is 19.2. The molecule has 0 aliphatic rings. The van der Waals surface area contributed by atoms with Crippen molar-refractivity contribution in [3.63, 3.8) is 0 Å². The van der Waals surface area contributed by atoms with Crippen molar-refractivity contribution >= 4 is 10.9 Å². The van der Waals surface area contributed by atoms with E-state index in [0.717, 1.165) is 6.07 Å². The van der Waals surface area contributed by atoms with Crippen LogP contribution in [0.25, 0.3) is 10.9 Å². The largest absolute Gasteiger partial charge is 0.309 e. The third-order valence-corrected chi connectivity index (χ3v) is 4.15. The lowest BCUT2D eigenvalue weighted by Gasteiger charge is -2.26. The van der Waals surface area contributed by atoms with Crippen molar-refractivity contribution in [3.05, 3.63) is 75.8 Å². The van der Waals surface area contributed by atoms with Crippen molar-refractivity contribution in [2.24, 2.45) is 0 Å². The number of aromatic nitrogens is 2. The Balaban J connectivity index is 1.90. The number of benzene rings is 2. The fourth-order valence-electron chi connectivity index (χ4n) is 2.71. The molecule has 4 nitrogen and oxygen atoms in total. The van der Waals surface area contributed by atoms with E-state index in [-0.39, 0.29) is 23.7 Å². The van der Waals surface area contributed by atoms with E-state index in [1.165, 1.54) is 6.07 Å². The van der Waals surface area contributed by atoms with E-state index in [9.17, 15) is 13.6 Å². The summed E-state index contributed by atoms with van der Waals surface area (Å²) in [5, 5.41) is 0.526. The standard InChI is InChI=1S/C19H19F2N3O/c1-12(2)24(10-13-6-5-8-15(20)18(13)21)11-17-22-16-9-4-3-7-14(16)19(25)23-17/h3-9,12H,10-11H2,1-2H3,(H,22,23,25). The summed E-state index contributed by atoms with van der Waals surface area (Å²) in [5.41, 5.74) is 0.681. The Morgan fingerprint density at radius 3 is 2.60 bits per heavy atom. The number of para-hydroxylation sites is 1. The van der Waals surface area contributed by atoms with Crippen molar-refractivity contribution in [2.45, 2.75) is 33.0 Å². The maximum atomic E-state index is 14.0. The van der Waals surface area contributed by atoms with Crippen LogP contribution in [0.4, 0.5) is 8.78 Å². The summed E-state index contributed by atoms with van der Waals surface area (Å²) >= 11 is 0. The van der Waals surface area contributed by atoms with Gasteiger partial charge in [-0.2, -0.15) is 0 Å². The molecule has 0 aliphatic heterocycles. The molecule has 1 N–H and O–H groups in total. The van der Waals surface area contributed by atoms with Gasteiger partial charge in [-0.1, -0.05) is 24.3 Å². The van der Waals surface area contributed by atoms with Gasteiger partial charge in [0.05, 0.1) is 17.4 Å². The molecular formula is C19H19F2N3O. The fraction of sp³-hybridized carbons (Fsp3) is 0.263. The molecule has 0 aliphatic carbocycles. The van der Waals surface area contributed by atoms with Gasteiger partial charge in [-0.15, -0.1) is 0 Å². The minimum atomic E-state index is -0.863. The Bertz CT molecular complexity index is 953. The van der Waals surface area contributed by atoms with E-state index in [2.05, 4.69) is 9.97 Å². The first-order chi connectivity index (χ1) is 12.0. The second-order valence-electron chi connectivity index (χ2n) is 6.24. The van der Waals surface area contributed by atoms with E-state index in [1.807, 2.05) is 24.8 Å². The van der Waals surface area contributed by atoms with Crippen LogP contribution in [0.2, 0.25) is 0 Å². The zero-order valence-electron chi connectivity index (χ0n) is 14.1. The van der Waals surface area contributed by atoms with Crippen LogP contribution in [0.1, 0.15) is 25.2 Å². The topological polar surface area (TPSA) is 49.0 Å². The summed E-state index contributed by atoms with van der Waals surface area (Å²) in [6.07, 6.45) is 0. The lowest BCUT2D eigenvalue weighted by molar-refractivity contribution is 0.195. The zero-order valence-corrected chi connectivity index (χ0v) is 14.1. The predicted molar refractivity (Wildman–Crippen MR) is 93.1 cm³/mol. The first-order valence-electron chi connectivity index (χ1n) is 8.10. The highest BCUT2D eigenvalue weighted by Crippen LogP contribution is 2.17. The summed E-state index contributed by atoms with van der Waals surface area (Å²) in [6, 6.07) is 11.3. The smallest absolute Gasteiger partial charge is 0.258 e. The van der Waals surface area contributed by atoms with Gasteiger partial charge in [0, 0.05) is 18.2 Å². The van der Waals surface area contributed by atoms with Gasteiger partial charge in [-0.3, -0.25) is 9.69 Å². The Morgan fingerprint density at radius 2 is 1.84 bits per heavy atom. The summed E-state index contributed by atoms with van der Waals surface area (Å²) < 4.78 is 27.4. The first-order valence-corrected chi connectivity index (χ1v) is 8.10. The van der Waals surface area contributed by atoms with Gasteiger partial charge >= 0.3 is 0 Å². The number of hydrogen-bond donors (Lipinski definition) is 1. The van der Waals surface area contributed by atoms with Gasteiger partial charge in [0.15, 0.2) is 11.6 Å². The van der Waals surface area contributed by atoms with Gasteiger partial charge < -0.3 is 4.98 Å². The molecule has 2 aromatic carbocycles. The average Bonchev–Trinajstić information content (AvgIpc) is 2.58. The molecule has 0 saturated heterocycles.